The van der Waals surface area contributed by atoms with E-state index in [-0.39, 0.29) is 37.7 Å². The SMILES string of the molecule is NCc1ccccc1C(c1ccccc1)N1CN(CCC(=O)O)C(=O)c2c(OCc3ccccc3)c(=O)ccn21. The molecule has 5 rings (SSSR count). The Labute approximate surface area is 231 Å². The molecule has 3 aromatic carbocycles. The molecule has 2 heterocycles. The summed E-state index contributed by atoms with van der Waals surface area (Å²) in [6, 6.07) is 27.9. The van der Waals surface area contributed by atoms with Gasteiger partial charge in [0.1, 0.15) is 13.3 Å². The number of fused-ring (bicyclic) bond motifs is 1. The average Bonchev–Trinajstić information content (AvgIpc) is 2.98. The minimum Gasteiger partial charge on any atom is -0.482 e. The number of aliphatic carboxylic acids is 1. The second-order valence-corrected chi connectivity index (χ2v) is 9.49. The van der Waals surface area contributed by atoms with Crippen LogP contribution in [0.2, 0.25) is 0 Å². The predicted octanol–water partition coefficient (Wildman–Crippen LogP) is 3.50. The number of nitrogens with two attached hydrogens (primary N) is 1. The molecule has 1 amide bonds. The second kappa shape index (κ2) is 11.9. The van der Waals surface area contributed by atoms with Gasteiger partial charge in [-0.2, -0.15) is 0 Å². The molecule has 1 atom stereocenters. The molecule has 1 aromatic heterocycles. The van der Waals surface area contributed by atoms with Gasteiger partial charge in [-0.3, -0.25) is 24.1 Å². The maximum absolute atomic E-state index is 13.8. The maximum Gasteiger partial charge on any atom is 0.305 e. The molecule has 1 unspecified atom stereocenters. The van der Waals surface area contributed by atoms with Crippen LogP contribution in [0.5, 0.6) is 5.75 Å². The standard InChI is InChI=1S/C31H30N4O5/c32-19-24-13-7-8-14-25(24)28(23-11-5-2-6-12-23)35-21-33(17-16-27(37)38)31(39)29-30(26(36)15-18-34(29)35)40-20-22-9-3-1-4-10-22/h1-15,18,28H,16-17,19-21,32H2,(H,37,38). The van der Waals surface area contributed by atoms with Gasteiger partial charge in [-0.25, -0.2) is 0 Å². The third-order valence-corrected chi connectivity index (χ3v) is 6.92. The number of hydrogen-bond acceptors (Lipinski definition) is 6. The van der Waals surface area contributed by atoms with Crippen LogP contribution in [0.3, 0.4) is 0 Å². The summed E-state index contributed by atoms with van der Waals surface area (Å²) < 4.78 is 7.67. The van der Waals surface area contributed by atoms with Crippen molar-refractivity contribution in [2.24, 2.45) is 5.73 Å². The number of hydrogen-bond donors (Lipinski definition) is 2. The third kappa shape index (κ3) is 5.45. The van der Waals surface area contributed by atoms with Crippen molar-refractivity contribution in [2.75, 3.05) is 18.2 Å². The summed E-state index contributed by atoms with van der Waals surface area (Å²) in [5, 5.41) is 11.3. The minimum atomic E-state index is -1.02. The van der Waals surface area contributed by atoms with E-state index in [9.17, 15) is 19.5 Å². The summed E-state index contributed by atoms with van der Waals surface area (Å²) in [6.45, 7) is 0.440. The molecule has 0 fully saturated rings. The van der Waals surface area contributed by atoms with Crippen molar-refractivity contribution < 1.29 is 19.4 Å². The van der Waals surface area contributed by atoms with E-state index >= 15 is 0 Å². The van der Waals surface area contributed by atoms with E-state index in [2.05, 4.69) is 0 Å². The van der Waals surface area contributed by atoms with Crippen LogP contribution in [-0.2, 0) is 17.9 Å². The number of amides is 1. The van der Waals surface area contributed by atoms with Crippen LogP contribution in [0.1, 0.15) is 45.2 Å². The lowest BCUT2D eigenvalue weighted by Gasteiger charge is -2.44. The number of carboxylic acid groups (broad SMARTS) is 1. The molecule has 1 aliphatic heterocycles. The summed E-state index contributed by atoms with van der Waals surface area (Å²) in [5.41, 5.74) is 9.39. The van der Waals surface area contributed by atoms with Crippen LogP contribution < -0.4 is 20.9 Å². The van der Waals surface area contributed by atoms with Crippen LogP contribution in [0, 0.1) is 0 Å². The van der Waals surface area contributed by atoms with E-state index in [1.165, 1.54) is 11.0 Å². The fourth-order valence-corrected chi connectivity index (χ4v) is 4.99. The minimum absolute atomic E-state index is 0.0358. The van der Waals surface area contributed by atoms with Gasteiger partial charge in [-0.1, -0.05) is 84.9 Å². The first-order valence-electron chi connectivity index (χ1n) is 13.0. The van der Waals surface area contributed by atoms with Crippen LogP contribution in [0.25, 0.3) is 0 Å². The predicted molar refractivity (Wildman–Crippen MR) is 150 cm³/mol. The number of nitrogens with zero attached hydrogens (tertiary/aromatic N) is 3. The topological polar surface area (TPSA) is 118 Å². The van der Waals surface area contributed by atoms with Crippen LogP contribution >= 0.6 is 0 Å². The summed E-state index contributed by atoms with van der Waals surface area (Å²) in [6.07, 6.45) is 1.33. The molecule has 3 N–H and O–H groups in total. The monoisotopic (exact) mass is 538 g/mol. The highest BCUT2D eigenvalue weighted by atomic mass is 16.5. The Morgan fingerprint density at radius 2 is 1.60 bits per heavy atom. The zero-order chi connectivity index (χ0) is 28.1. The van der Waals surface area contributed by atoms with Gasteiger partial charge in [0.25, 0.3) is 5.91 Å². The van der Waals surface area contributed by atoms with Gasteiger partial charge in [0.05, 0.1) is 12.5 Å². The molecule has 0 saturated carbocycles. The van der Waals surface area contributed by atoms with Gasteiger partial charge in [0.15, 0.2) is 11.4 Å². The summed E-state index contributed by atoms with van der Waals surface area (Å²) in [4.78, 5) is 39.8. The van der Waals surface area contributed by atoms with Crippen molar-refractivity contribution >= 4 is 11.9 Å². The lowest BCUT2D eigenvalue weighted by atomic mass is 9.93. The number of carbonyl (C=O) groups excluding carboxylic acids is 1. The molecule has 40 heavy (non-hydrogen) atoms. The van der Waals surface area contributed by atoms with E-state index in [0.717, 1.165) is 22.3 Å². The third-order valence-electron chi connectivity index (χ3n) is 6.92. The Morgan fingerprint density at radius 3 is 2.30 bits per heavy atom. The molecule has 4 aromatic rings. The summed E-state index contributed by atoms with van der Waals surface area (Å²) in [7, 11) is 0. The number of carboxylic acids is 1. The Kier molecular flexibility index (Phi) is 7.93. The van der Waals surface area contributed by atoms with Gasteiger partial charge < -0.3 is 20.5 Å². The Morgan fingerprint density at radius 1 is 0.925 bits per heavy atom. The Bertz CT molecular complexity index is 1560. The molecule has 0 aliphatic carbocycles. The first kappa shape index (κ1) is 26.7. The van der Waals surface area contributed by atoms with Crippen LogP contribution in [0.15, 0.2) is 102 Å². The van der Waals surface area contributed by atoms with Crippen molar-refractivity contribution in [1.29, 1.82) is 0 Å². The first-order valence-corrected chi connectivity index (χ1v) is 13.0. The molecule has 0 saturated heterocycles. The molecule has 204 valence electrons. The highest BCUT2D eigenvalue weighted by Gasteiger charge is 2.37. The fraction of sp³-hybridized carbons (Fsp3) is 0.194. The van der Waals surface area contributed by atoms with E-state index in [4.69, 9.17) is 10.5 Å². The highest BCUT2D eigenvalue weighted by molar-refractivity contribution is 5.96. The molecule has 0 spiro atoms. The summed E-state index contributed by atoms with van der Waals surface area (Å²) in [5.74, 6) is -1.58. The number of rotatable bonds is 10. The fourth-order valence-electron chi connectivity index (χ4n) is 4.99. The first-order chi connectivity index (χ1) is 19.5. The number of carbonyl (C=O) groups is 2. The van der Waals surface area contributed by atoms with E-state index in [0.29, 0.717) is 6.54 Å². The van der Waals surface area contributed by atoms with Crippen LogP contribution in [-0.4, -0.2) is 39.8 Å². The molecule has 0 radical (unpaired) electrons. The van der Waals surface area contributed by atoms with E-state index in [1.807, 2.05) is 89.9 Å². The largest absolute Gasteiger partial charge is 0.482 e. The zero-order valence-electron chi connectivity index (χ0n) is 21.8. The number of ether oxygens (including phenoxy) is 1. The van der Waals surface area contributed by atoms with Crippen molar-refractivity contribution in [3.63, 3.8) is 0 Å². The van der Waals surface area contributed by atoms with Crippen molar-refractivity contribution in [3.8, 4) is 5.75 Å². The van der Waals surface area contributed by atoms with Gasteiger partial charge in [-0.15, -0.1) is 0 Å². The second-order valence-electron chi connectivity index (χ2n) is 9.49. The molecule has 9 heteroatoms. The van der Waals surface area contributed by atoms with Crippen LogP contribution in [0.4, 0.5) is 0 Å². The molecule has 0 bridgehead atoms. The number of pyridine rings is 1. The summed E-state index contributed by atoms with van der Waals surface area (Å²) >= 11 is 0. The lowest BCUT2D eigenvalue weighted by Crippen LogP contribution is -2.56. The van der Waals surface area contributed by atoms with E-state index < -0.39 is 23.3 Å². The lowest BCUT2D eigenvalue weighted by molar-refractivity contribution is -0.137. The van der Waals surface area contributed by atoms with Crippen molar-refractivity contribution in [1.82, 2.24) is 9.58 Å². The average molecular weight is 539 g/mol. The zero-order valence-corrected chi connectivity index (χ0v) is 21.8. The normalized spacial score (nSPS) is 13.6. The number of benzene rings is 3. The maximum atomic E-state index is 13.8. The van der Waals surface area contributed by atoms with Gasteiger partial charge in [0, 0.05) is 25.4 Å². The molecule has 1 aliphatic rings. The Balaban J connectivity index is 1.68. The quantitative estimate of drug-likeness (QED) is 0.317. The molecular formula is C31H30N4O5. The molecule has 9 nitrogen and oxygen atoms in total. The smallest absolute Gasteiger partial charge is 0.305 e. The van der Waals surface area contributed by atoms with Gasteiger partial charge in [0.2, 0.25) is 5.43 Å². The van der Waals surface area contributed by atoms with E-state index in [1.54, 1.807) is 10.9 Å². The Hall–Kier alpha value is -4.89. The van der Waals surface area contributed by atoms with Crippen molar-refractivity contribution in [3.05, 3.63) is 135 Å². The molecular weight excluding hydrogens is 508 g/mol. The number of aromatic nitrogens is 1. The van der Waals surface area contributed by atoms with Gasteiger partial charge in [-0.05, 0) is 22.3 Å². The van der Waals surface area contributed by atoms with Crippen molar-refractivity contribution in [2.45, 2.75) is 25.6 Å². The van der Waals surface area contributed by atoms with Gasteiger partial charge >= 0.3 is 5.97 Å². The highest BCUT2D eigenvalue weighted by Crippen LogP contribution is 2.34.